The molecule has 2 N–H and O–H groups in total. The number of nitrogens with zero attached hydrogens (tertiary/aromatic N) is 3. The van der Waals surface area contributed by atoms with Gasteiger partial charge in [-0.2, -0.15) is 0 Å². The highest BCUT2D eigenvalue weighted by Crippen LogP contribution is 2.23. The summed E-state index contributed by atoms with van der Waals surface area (Å²) in [5.74, 6) is 1.81. The molecular formula is C11H18N4. The average Bonchev–Trinajstić information content (AvgIpc) is 2.78. The molecule has 0 saturated carbocycles. The summed E-state index contributed by atoms with van der Waals surface area (Å²) in [6, 6.07) is 0. The zero-order valence-electron chi connectivity index (χ0n) is 9.19. The van der Waals surface area contributed by atoms with Crippen molar-refractivity contribution in [2.24, 2.45) is 11.7 Å². The third kappa shape index (κ3) is 2.26. The van der Waals surface area contributed by atoms with E-state index < -0.39 is 0 Å². The zero-order chi connectivity index (χ0) is 10.7. The molecule has 0 amide bonds. The van der Waals surface area contributed by atoms with Gasteiger partial charge in [0.15, 0.2) is 0 Å². The van der Waals surface area contributed by atoms with Gasteiger partial charge in [-0.25, -0.2) is 4.98 Å². The summed E-state index contributed by atoms with van der Waals surface area (Å²) in [5.41, 5.74) is 6.33. The number of aromatic nitrogens is 2. The lowest BCUT2D eigenvalue weighted by Gasteiger charge is -2.16. The van der Waals surface area contributed by atoms with Crippen LogP contribution in [0.2, 0.25) is 0 Å². The van der Waals surface area contributed by atoms with E-state index in [1.807, 2.05) is 6.20 Å². The number of hydrogen-bond acceptors (Lipinski definition) is 4. The van der Waals surface area contributed by atoms with Gasteiger partial charge >= 0.3 is 0 Å². The summed E-state index contributed by atoms with van der Waals surface area (Å²) >= 11 is 0. The first-order valence-corrected chi connectivity index (χ1v) is 5.59. The van der Waals surface area contributed by atoms with Crippen molar-refractivity contribution in [1.29, 1.82) is 0 Å². The predicted octanol–water partition coefficient (Wildman–Crippen LogP) is 1.17. The highest BCUT2D eigenvalue weighted by molar-refractivity contribution is 5.37. The van der Waals surface area contributed by atoms with Crippen molar-refractivity contribution in [2.75, 3.05) is 18.0 Å². The third-order valence-electron chi connectivity index (χ3n) is 3.09. The summed E-state index contributed by atoms with van der Waals surface area (Å²) in [7, 11) is 0. The van der Waals surface area contributed by atoms with E-state index in [4.69, 9.17) is 5.73 Å². The molecule has 1 aromatic heterocycles. The molecule has 1 atom stereocenters. The van der Waals surface area contributed by atoms with Crippen LogP contribution in [0.3, 0.4) is 0 Å². The first kappa shape index (κ1) is 10.4. The molecule has 0 bridgehead atoms. The second-order valence-corrected chi connectivity index (χ2v) is 4.08. The van der Waals surface area contributed by atoms with Gasteiger partial charge in [-0.1, -0.05) is 13.3 Å². The molecule has 2 rings (SSSR count). The Kier molecular flexibility index (Phi) is 3.16. The van der Waals surface area contributed by atoms with Gasteiger partial charge in [-0.15, -0.1) is 0 Å². The summed E-state index contributed by atoms with van der Waals surface area (Å²) in [6.07, 6.45) is 6.14. The Morgan fingerprint density at radius 1 is 1.47 bits per heavy atom. The Balaban J connectivity index is 2.04. The van der Waals surface area contributed by atoms with Gasteiger partial charge in [0, 0.05) is 19.6 Å². The SMILES string of the molecule is CCC1CCN(c2cnc(CN)cn2)C1. The maximum absolute atomic E-state index is 5.48. The molecular weight excluding hydrogens is 188 g/mol. The van der Waals surface area contributed by atoms with Crippen LogP contribution in [0.25, 0.3) is 0 Å². The lowest BCUT2D eigenvalue weighted by atomic mass is 10.1. The monoisotopic (exact) mass is 206 g/mol. The second-order valence-electron chi connectivity index (χ2n) is 4.08. The third-order valence-corrected chi connectivity index (χ3v) is 3.09. The van der Waals surface area contributed by atoms with Crippen LogP contribution in [0.5, 0.6) is 0 Å². The lowest BCUT2D eigenvalue weighted by molar-refractivity contribution is 0.568. The van der Waals surface area contributed by atoms with Crippen LogP contribution < -0.4 is 10.6 Å². The van der Waals surface area contributed by atoms with Crippen LogP contribution in [0.4, 0.5) is 5.82 Å². The van der Waals surface area contributed by atoms with Crippen LogP contribution in [-0.4, -0.2) is 23.1 Å². The topological polar surface area (TPSA) is 55.0 Å². The lowest BCUT2D eigenvalue weighted by Crippen LogP contribution is -2.21. The Morgan fingerprint density at radius 3 is 2.87 bits per heavy atom. The Labute approximate surface area is 90.5 Å². The van der Waals surface area contributed by atoms with Gasteiger partial charge in [0.05, 0.1) is 18.1 Å². The Morgan fingerprint density at radius 2 is 2.33 bits per heavy atom. The Bertz CT molecular complexity index is 309. The number of nitrogens with two attached hydrogens (primary N) is 1. The van der Waals surface area contributed by atoms with Crippen molar-refractivity contribution < 1.29 is 0 Å². The smallest absolute Gasteiger partial charge is 0.147 e. The molecule has 82 valence electrons. The van der Waals surface area contributed by atoms with Gasteiger partial charge < -0.3 is 10.6 Å². The van der Waals surface area contributed by atoms with E-state index in [9.17, 15) is 0 Å². The summed E-state index contributed by atoms with van der Waals surface area (Å²) < 4.78 is 0. The molecule has 2 heterocycles. The Hall–Kier alpha value is -1.16. The van der Waals surface area contributed by atoms with Crippen molar-refractivity contribution in [2.45, 2.75) is 26.3 Å². The maximum Gasteiger partial charge on any atom is 0.147 e. The average molecular weight is 206 g/mol. The predicted molar refractivity (Wildman–Crippen MR) is 60.5 cm³/mol. The van der Waals surface area contributed by atoms with E-state index in [1.54, 1.807) is 6.20 Å². The molecule has 0 aliphatic carbocycles. The van der Waals surface area contributed by atoms with E-state index in [2.05, 4.69) is 21.8 Å². The fraction of sp³-hybridized carbons (Fsp3) is 0.636. The summed E-state index contributed by atoms with van der Waals surface area (Å²) in [6.45, 7) is 4.94. The molecule has 0 radical (unpaired) electrons. The van der Waals surface area contributed by atoms with Gasteiger partial charge in [0.2, 0.25) is 0 Å². The molecule has 1 saturated heterocycles. The molecule has 0 aromatic carbocycles. The molecule has 1 unspecified atom stereocenters. The minimum Gasteiger partial charge on any atom is -0.355 e. The number of rotatable bonds is 3. The molecule has 4 nitrogen and oxygen atoms in total. The standard InChI is InChI=1S/C11H18N4/c1-2-9-3-4-15(8-9)11-7-13-10(5-12)6-14-11/h6-7,9H,2-5,8,12H2,1H3. The normalized spacial score (nSPS) is 20.9. The van der Waals surface area contributed by atoms with Crippen molar-refractivity contribution in [3.8, 4) is 0 Å². The van der Waals surface area contributed by atoms with Gasteiger partial charge in [0.1, 0.15) is 5.82 Å². The van der Waals surface area contributed by atoms with Crippen molar-refractivity contribution in [3.05, 3.63) is 18.1 Å². The second kappa shape index (κ2) is 4.57. The van der Waals surface area contributed by atoms with Gasteiger partial charge in [-0.05, 0) is 12.3 Å². The summed E-state index contributed by atoms with van der Waals surface area (Å²) in [4.78, 5) is 11.0. The molecule has 15 heavy (non-hydrogen) atoms. The zero-order valence-corrected chi connectivity index (χ0v) is 9.19. The highest BCUT2D eigenvalue weighted by Gasteiger charge is 2.21. The van der Waals surface area contributed by atoms with Crippen LogP contribution in [0.15, 0.2) is 12.4 Å². The van der Waals surface area contributed by atoms with Crippen molar-refractivity contribution in [3.63, 3.8) is 0 Å². The van der Waals surface area contributed by atoms with Crippen LogP contribution >= 0.6 is 0 Å². The quantitative estimate of drug-likeness (QED) is 0.806. The van der Waals surface area contributed by atoms with E-state index in [1.165, 1.54) is 12.8 Å². The molecule has 1 aliphatic heterocycles. The van der Waals surface area contributed by atoms with Crippen LogP contribution in [-0.2, 0) is 6.54 Å². The molecule has 1 aromatic rings. The first-order chi connectivity index (χ1) is 7.33. The highest BCUT2D eigenvalue weighted by atomic mass is 15.2. The van der Waals surface area contributed by atoms with E-state index in [-0.39, 0.29) is 0 Å². The molecule has 4 heteroatoms. The van der Waals surface area contributed by atoms with E-state index >= 15 is 0 Å². The first-order valence-electron chi connectivity index (χ1n) is 5.59. The maximum atomic E-state index is 5.48. The minimum atomic E-state index is 0.463. The number of anilines is 1. The fourth-order valence-electron chi connectivity index (χ4n) is 1.99. The van der Waals surface area contributed by atoms with Crippen molar-refractivity contribution >= 4 is 5.82 Å². The van der Waals surface area contributed by atoms with Gasteiger partial charge in [-0.3, -0.25) is 4.98 Å². The summed E-state index contributed by atoms with van der Waals surface area (Å²) in [5, 5.41) is 0. The van der Waals surface area contributed by atoms with Crippen LogP contribution in [0, 0.1) is 5.92 Å². The molecule has 0 spiro atoms. The van der Waals surface area contributed by atoms with Crippen LogP contribution in [0.1, 0.15) is 25.5 Å². The fourth-order valence-corrected chi connectivity index (χ4v) is 1.99. The van der Waals surface area contributed by atoms with Gasteiger partial charge in [0.25, 0.3) is 0 Å². The molecule has 1 aliphatic rings. The number of hydrogen-bond donors (Lipinski definition) is 1. The van der Waals surface area contributed by atoms with E-state index in [0.29, 0.717) is 6.54 Å². The largest absolute Gasteiger partial charge is 0.355 e. The molecule has 1 fully saturated rings. The van der Waals surface area contributed by atoms with E-state index in [0.717, 1.165) is 30.5 Å². The van der Waals surface area contributed by atoms with Crippen molar-refractivity contribution in [1.82, 2.24) is 9.97 Å². The minimum absolute atomic E-state index is 0.463.